The highest BCUT2D eigenvalue weighted by Gasteiger charge is 2.24. The van der Waals surface area contributed by atoms with Crippen molar-refractivity contribution in [2.45, 2.75) is 25.4 Å². The van der Waals surface area contributed by atoms with E-state index in [1.165, 1.54) is 12.1 Å². The Balaban J connectivity index is 0.00000300. The van der Waals surface area contributed by atoms with Crippen molar-refractivity contribution in [2.75, 3.05) is 65.1 Å². The van der Waals surface area contributed by atoms with Crippen LogP contribution in [0.4, 0.5) is 5.69 Å². The topological polar surface area (TPSA) is 67.4 Å². The second-order valence-corrected chi connectivity index (χ2v) is 7.36. The summed E-state index contributed by atoms with van der Waals surface area (Å²) >= 11 is 0. The van der Waals surface area contributed by atoms with Gasteiger partial charge in [-0.1, -0.05) is 12.1 Å². The Bertz CT molecular complexity index is 626. The number of rotatable bonds is 9. The first-order chi connectivity index (χ1) is 13.8. The highest BCUT2D eigenvalue weighted by molar-refractivity contribution is 14.0. The molecular formula is C21H35IN4O3. The summed E-state index contributed by atoms with van der Waals surface area (Å²) in [7, 11) is 3.55. The molecule has 7 nitrogen and oxygen atoms in total. The molecule has 2 aliphatic rings. The molecule has 0 aliphatic carbocycles. The number of para-hydroxylation sites is 2. The second-order valence-electron chi connectivity index (χ2n) is 7.36. The van der Waals surface area contributed by atoms with Gasteiger partial charge in [0.05, 0.1) is 25.5 Å². The maximum absolute atomic E-state index is 5.79. The van der Waals surface area contributed by atoms with E-state index in [-0.39, 0.29) is 30.1 Å². The summed E-state index contributed by atoms with van der Waals surface area (Å²) in [5, 5.41) is 6.84. The Morgan fingerprint density at radius 2 is 2.14 bits per heavy atom. The van der Waals surface area contributed by atoms with Gasteiger partial charge in [-0.05, 0) is 37.3 Å². The Kier molecular flexibility index (Phi) is 10.9. The molecular weight excluding hydrogens is 483 g/mol. The largest absolute Gasteiger partial charge is 0.495 e. The predicted molar refractivity (Wildman–Crippen MR) is 128 cm³/mol. The minimum absolute atomic E-state index is 0. The smallest absolute Gasteiger partial charge is 0.190 e. The minimum Gasteiger partial charge on any atom is -0.495 e. The lowest BCUT2D eigenvalue weighted by Crippen LogP contribution is -2.40. The molecule has 29 heavy (non-hydrogen) atoms. The minimum atomic E-state index is 0. The lowest BCUT2D eigenvalue weighted by Gasteiger charge is -2.21. The average molecular weight is 518 g/mol. The molecule has 2 atom stereocenters. The third kappa shape index (κ3) is 7.49. The van der Waals surface area contributed by atoms with Crippen LogP contribution in [-0.2, 0) is 9.47 Å². The molecule has 1 aromatic carbocycles. The van der Waals surface area contributed by atoms with Gasteiger partial charge in [0.15, 0.2) is 5.96 Å². The van der Waals surface area contributed by atoms with Crippen LogP contribution in [0.3, 0.4) is 0 Å². The Morgan fingerprint density at radius 3 is 2.90 bits per heavy atom. The van der Waals surface area contributed by atoms with Gasteiger partial charge < -0.3 is 29.7 Å². The average Bonchev–Trinajstić information content (AvgIpc) is 3.42. The van der Waals surface area contributed by atoms with Crippen LogP contribution in [-0.4, -0.2) is 72.2 Å². The van der Waals surface area contributed by atoms with E-state index in [1.807, 2.05) is 19.2 Å². The molecule has 0 amide bonds. The van der Waals surface area contributed by atoms with Gasteiger partial charge in [0.2, 0.25) is 0 Å². The van der Waals surface area contributed by atoms with Crippen molar-refractivity contribution in [2.24, 2.45) is 10.9 Å². The van der Waals surface area contributed by atoms with Gasteiger partial charge in [0.25, 0.3) is 0 Å². The summed E-state index contributed by atoms with van der Waals surface area (Å²) in [6.07, 6.45) is 3.43. The van der Waals surface area contributed by atoms with Crippen molar-refractivity contribution >= 4 is 35.6 Å². The van der Waals surface area contributed by atoms with E-state index in [4.69, 9.17) is 14.2 Å². The number of nitrogens with one attached hydrogen (secondary N) is 2. The Labute approximate surface area is 191 Å². The fourth-order valence-corrected chi connectivity index (χ4v) is 3.74. The summed E-state index contributed by atoms with van der Waals surface area (Å²) < 4.78 is 16.6. The van der Waals surface area contributed by atoms with Gasteiger partial charge in [-0.2, -0.15) is 0 Å². The van der Waals surface area contributed by atoms with Crippen LogP contribution in [0.2, 0.25) is 0 Å². The van der Waals surface area contributed by atoms with Crippen molar-refractivity contribution in [1.82, 2.24) is 10.6 Å². The van der Waals surface area contributed by atoms with Crippen LogP contribution >= 0.6 is 24.0 Å². The van der Waals surface area contributed by atoms with Crippen LogP contribution in [0.5, 0.6) is 5.75 Å². The van der Waals surface area contributed by atoms with E-state index in [0.717, 1.165) is 70.6 Å². The molecule has 164 valence electrons. The molecule has 2 unspecified atom stereocenters. The SMILES string of the molecule is CN=C(NCCCOC1CCOC1)NCC1CCN(c2ccccc2OC)C1.I. The molecule has 2 fully saturated rings. The van der Waals surface area contributed by atoms with Gasteiger partial charge in [0.1, 0.15) is 5.75 Å². The molecule has 0 aromatic heterocycles. The quantitative estimate of drug-likeness (QED) is 0.227. The fraction of sp³-hybridized carbons (Fsp3) is 0.667. The first kappa shape index (κ1) is 24.0. The highest BCUT2D eigenvalue weighted by atomic mass is 127. The number of halogens is 1. The molecule has 0 spiro atoms. The standard InChI is InChI=1S/C21H34N4O3.HI/c1-22-21(23-10-5-12-28-18-9-13-27-16-18)24-14-17-8-11-25(15-17)19-6-3-4-7-20(19)26-2;/h3-4,6-7,17-18H,5,8-16H2,1-2H3,(H2,22,23,24);1H. The number of hydrogen-bond acceptors (Lipinski definition) is 5. The lowest BCUT2D eigenvalue weighted by molar-refractivity contribution is 0.0420. The predicted octanol–water partition coefficient (Wildman–Crippen LogP) is 2.50. The van der Waals surface area contributed by atoms with Crippen LogP contribution < -0.4 is 20.3 Å². The number of methoxy groups -OCH3 is 1. The molecule has 3 rings (SSSR count). The molecule has 2 aliphatic heterocycles. The van der Waals surface area contributed by atoms with Crippen LogP contribution in [0.15, 0.2) is 29.3 Å². The Morgan fingerprint density at radius 1 is 1.28 bits per heavy atom. The molecule has 0 bridgehead atoms. The first-order valence-corrected chi connectivity index (χ1v) is 10.3. The monoisotopic (exact) mass is 518 g/mol. The number of hydrogen-bond donors (Lipinski definition) is 2. The lowest BCUT2D eigenvalue weighted by atomic mass is 10.1. The molecule has 2 heterocycles. The Hall–Kier alpha value is -1.26. The van der Waals surface area contributed by atoms with Gasteiger partial charge in [-0.25, -0.2) is 0 Å². The van der Waals surface area contributed by atoms with Gasteiger partial charge in [0, 0.05) is 46.4 Å². The molecule has 0 saturated carbocycles. The van der Waals surface area contributed by atoms with Gasteiger partial charge in [-0.3, -0.25) is 4.99 Å². The normalized spacial score (nSPS) is 21.7. The first-order valence-electron chi connectivity index (χ1n) is 10.3. The molecule has 8 heteroatoms. The highest BCUT2D eigenvalue weighted by Crippen LogP contribution is 2.31. The zero-order chi connectivity index (χ0) is 19.6. The van der Waals surface area contributed by atoms with E-state index >= 15 is 0 Å². The van der Waals surface area contributed by atoms with Crippen LogP contribution in [0.1, 0.15) is 19.3 Å². The number of anilines is 1. The number of benzene rings is 1. The molecule has 2 N–H and O–H groups in total. The number of ether oxygens (including phenoxy) is 3. The summed E-state index contributed by atoms with van der Waals surface area (Å²) in [6.45, 7) is 6.18. The molecule has 2 saturated heterocycles. The fourth-order valence-electron chi connectivity index (χ4n) is 3.74. The second kappa shape index (κ2) is 13.1. The van der Waals surface area contributed by atoms with Crippen molar-refractivity contribution in [3.8, 4) is 5.75 Å². The maximum Gasteiger partial charge on any atom is 0.190 e. The van der Waals surface area contributed by atoms with E-state index in [1.54, 1.807) is 7.11 Å². The zero-order valence-electron chi connectivity index (χ0n) is 17.6. The number of guanidine groups is 1. The molecule has 1 aromatic rings. The van der Waals surface area contributed by atoms with Crippen LogP contribution in [0.25, 0.3) is 0 Å². The van der Waals surface area contributed by atoms with E-state index < -0.39 is 0 Å². The van der Waals surface area contributed by atoms with E-state index in [0.29, 0.717) is 5.92 Å². The van der Waals surface area contributed by atoms with Crippen molar-refractivity contribution in [3.05, 3.63) is 24.3 Å². The van der Waals surface area contributed by atoms with Crippen molar-refractivity contribution in [3.63, 3.8) is 0 Å². The van der Waals surface area contributed by atoms with Crippen molar-refractivity contribution in [1.29, 1.82) is 0 Å². The van der Waals surface area contributed by atoms with Gasteiger partial charge in [-0.15, -0.1) is 24.0 Å². The zero-order valence-corrected chi connectivity index (χ0v) is 19.9. The summed E-state index contributed by atoms with van der Waals surface area (Å²) in [4.78, 5) is 6.74. The summed E-state index contributed by atoms with van der Waals surface area (Å²) in [5.74, 6) is 2.40. The van der Waals surface area contributed by atoms with Gasteiger partial charge >= 0.3 is 0 Å². The van der Waals surface area contributed by atoms with E-state index in [2.05, 4.69) is 32.7 Å². The summed E-state index contributed by atoms with van der Waals surface area (Å²) in [6, 6.07) is 8.24. The van der Waals surface area contributed by atoms with E-state index in [9.17, 15) is 0 Å². The number of aliphatic imine (C=N–C) groups is 1. The third-order valence-electron chi connectivity index (χ3n) is 5.35. The van der Waals surface area contributed by atoms with Crippen LogP contribution in [0, 0.1) is 5.92 Å². The number of nitrogens with zero attached hydrogens (tertiary/aromatic N) is 2. The molecule has 0 radical (unpaired) electrons. The maximum atomic E-state index is 5.79. The summed E-state index contributed by atoms with van der Waals surface area (Å²) in [5.41, 5.74) is 1.18. The van der Waals surface area contributed by atoms with Crippen molar-refractivity contribution < 1.29 is 14.2 Å². The third-order valence-corrected chi connectivity index (χ3v) is 5.35.